The number of esters is 2. The van der Waals surface area contributed by atoms with E-state index in [1.54, 1.807) is 0 Å². The van der Waals surface area contributed by atoms with Crippen LogP contribution in [0.15, 0.2) is 0 Å². The molecule has 6 nitrogen and oxygen atoms in total. The number of unbranched alkanes of at least 4 members (excludes halogenated alkanes) is 9. The second-order valence-electron chi connectivity index (χ2n) is 7.17. The van der Waals surface area contributed by atoms with Crippen molar-refractivity contribution in [2.24, 2.45) is 5.92 Å². The first-order valence-corrected chi connectivity index (χ1v) is 10.7. The van der Waals surface area contributed by atoms with Crippen molar-refractivity contribution in [1.82, 2.24) is 0 Å². The van der Waals surface area contributed by atoms with Gasteiger partial charge in [-0.15, -0.1) is 0 Å². The highest BCUT2D eigenvalue weighted by Crippen LogP contribution is 2.09. The minimum absolute atomic E-state index is 0.0386. The van der Waals surface area contributed by atoms with Gasteiger partial charge in [0.25, 0.3) is 0 Å². The van der Waals surface area contributed by atoms with Crippen molar-refractivity contribution < 1.29 is 29.3 Å². The highest BCUT2D eigenvalue weighted by Gasteiger charge is 2.10. The van der Waals surface area contributed by atoms with Gasteiger partial charge in [0, 0.05) is 18.8 Å². The van der Waals surface area contributed by atoms with Crippen molar-refractivity contribution in [3.05, 3.63) is 0 Å². The summed E-state index contributed by atoms with van der Waals surface area (Å²) in [5, 5.41) is 17.8. The zero-order chi connectivity index (χ0) is 20.2. The molecule has 0 saturated heterocycles. The summed E-state index contributed by atoms with van der Waals surface area (Å²) in [5.41, 5.74) is 0. The molecule has 0 radical (unpaired) electrons. The van der Waals surface area contributed by atoms with Crippen LogP contribution in [0.1, 0.15) is 90.4 Å². The van der Waals surface area contributed by atoms with Gasteiger partial charge in [-0.2, -0.15) is 0 Å². The van der Waals surface area contributed by atoms with Crippen LogP contribution in [0.4, 0.5) is 0 Å². The van der Waals surface area contributed by atoms with Gasteiger partial charge in [0.15, 0.2) is 0 Å². The summed E-state index contributed by atoms with van der Waals surface area (Å²) in [6.45, 7) is 2.36. The van der Waals surface area contributed by atoms with Gasteiger partial charge < -0.3 is 19.7 Å². The van der Waals surface area contributed by atoms with Gasteiger partial charge in [0.05, 0.1) is 26.4 Å². The summed E-state index contributed by atoms with van der Waals surface area (Å²) in [6.07, 6.45) is 12.6. The summed E-state index contributed by atoms with van der Waals surface area (Å²) in [4.78, 5) is 23.1. The van der Waals surface area contributed by atoms with E-state index in [0.717, 1.165) is 19.3 Å². The summed E-state index contributed by atoms with van der Waals surface area (Å²) in [5.74, 6) is -0.904. The van der Waals surface area contributed by atoms with Crippen LogP contribution in [-0.2, 0) is 19.1 Å². The van der Waals surface area contributed by atoms with Gasteiger partial charge in [-0.1, -0.05) is 58.3 Å². The molecule has 0 aromatic heterocycles. The van der Waals surface area contributed by atoms with E-state index in [-0.39, 0.29) is 38.2 Å². The smallest absolute Gasteiger partial charge is 0.305 e. The van der Waals surface area contributed by atoms with E-state index in [0.29, 0.717) is 25.9 Å². The van der Waals surface area contributed by atoms with Crippen molar-refractivity contribution >= 4 is 11.9 Å². The van der Waals surface area contributed by atoms with E-state index < -0.39 is 5.92 Å². The van der Waals surface area contributed by atoms with Crippen molar-refractivity contribution in [2.75, 3.05) is 26.4 Å². The van der Waals surface area contributed by atoms with E-state index in [2.05, 4.69) is 6.92 Å². The molecule has 0 saturated carbocycles. The second kappa shape index (κ2) is 19.6. The van der Waals surface area contributed by atoms with Crippen molar-refractivity contribution in [2.45, 2.75) is 90.4 Å². The molecule has 0 bridgehead atoms. The van der Waals surface area contributed by atoms with E-state index in [1.165, 1.54) is 38.5 Å². The lowest BCUT2D eigenvalue weighted by atomic mass is 10.1. The molecule has 0 rings (SSSR count). The number of rotatable bonds is 19. The zero-order valence-electron chi connectivity index (χ0n) is 17.1. The highest BCUT2D eigenvalue weighted by molar-refractivity contribution is 5.69. The first kappa shape index (κ1) is 25.9. The molecular weight excluding hydrogens is 348 g/mol. The molecular formula is C21H40O6. The lowest BCUT2D eigenvalue weighted by Gasteiger charge is -2.11. The minimum atomic E-state index is -0.412. The number of carbonyl (C=O) groups excluding carboxylic acids is 2. The highest BCUT2D eigenvalue weighted by atomic mass is 16.5. The lowest BCUT2D eigenvalue weighted by molar-refractivity contribution is -0.146. The van der Waals surface area contributed by atoms with E-state index in [4.69, 9.17) is 19.7 Å². The maximum atomic E-state index is 11.6. The molecule has 0 fully saturated rings. The number of hydrogen-bond donors (Lipinski definition) is 2. The number of hydrogen-bond acceptors (Lipinski definition) is 6. The van der Waals surface area contributed by atoms with Crippen LogP contribution in [0.5, 0.6) is 0 Å². The molecule has 0 aliphatic rings. The quantitative estimate of drug-likeness (QED) is 0.258. The first-order chi connectivity index (χ1) is 13.1. The summed E-state index contributed by atoms with van der Waals surface area (Å²) in [7, 11) is 0. The van der Waals surface area contributed by atoms with E-state index in [9.17, 15) is 9.59 Å². The molecule has 27 heavy (non-hydrogen) atoms. The SMILES string of the molecule is CCCCCCCCCCOC(=O)CCCCCC(=O)OCC(CO)CO. The van der Waals surface area contributed by atoms with Crippen LogP contribution >= 0.6 is 0 Å². The second-order valence-corrected chi connectivity index (χ2v) is 7.17. The minimum Gasteiger partial charge on any atom is -0.466 e. The van der Waals surface area contributed by atoms with Gasteiger partial charge >= 0.3 is 11.9 Å². The fraction of sp³-hybridized carbons (Fsp3) is 0.905. The van der Waals surface area contributed by atoms with Crippen LogP contribution in [0.2, 0.25) is 0 Å². The molecule has 0 atom stereocenters. The molecule has 2 N–H and O–H groups in total. The van der Waals surface area contributed by atoms with Crippen molar-refractivity contribution in [1.29, 1.82) is 0 Å². The van der Waals surface area contributed by atoms with Gasteiger partial charge in [0.1, 0.15) is 0 Å². The molecule has 160 valence electrons. The Morgan fingerprint density at radius 1 is 0.704 bits per heavy atom. The van der Waals surface area contributed by atoms with Crippen molar-refractivity contribution in [3.8, 4) is 0 Å². The van der Waals surface area contributed by atoms with E-state index >= 15 is 0 Å². The Morgan fingerprint density at radius 3 is 1.74 bits per heavy atom. The number of aliphatic hydroxyl groups is 2. The van der Waals surface area contributed by atoms with Gasteiger partial charge in [-0.3, -0.25) is 9.59 Å². The van der Waals surface area contributed by atoms with Crippen LogP contribution in [0, 0.1) is 5.92 Å². The molecule has 0 aromatic carbocycles. The third-order valence-electron chi connectivity index (χ3n) is 4.52. The molecule has 0 heterocycles. The Morgan fingerprint density at radius 2 is 1.19 bits per heavy atom. The van der Waals surface area contributed by atoms with Crippen LogP contribution < -0.4 is 0 Å². The molecule has 0 amide bonds. The third kappa shape index (κ3) is 18.0. The molecule has 6 heteroatoms. The van der Waals surface area contributed by atoms with Gasteiger partial charge in [-0.25, -0.2) is 0 Å². The first-order valence-electron chi connectivity index (χ1n) is 10.7. The fourth-order valence-electron chi connectivity index (χ4n) is 2.66. The maximum Gasteiger partial charge on any atom is 0.305 e. The summed E-state index contributed by atoms with van der Waals surface area (Å²) in [6, 6.07) is 0. The van der Waals surface area contributed by atoms with Crippen molar-refractivity contribution in [3.63, 3.8) is 0 Å². The number of carbonyl (C=O) groups is 2. The van der Waals surface area contributed by atoms with Gasteiger partial charge in [0.2, 0.25) is 0 Å². The van der Waals surface area contributed by atoms with E-state index in [1.807, 2.05) is 0 Å². The van der Waals surface area contributed by atoms with Crippen LogP contribution in [0.3, 0.4) is 0 Å². The Labute approximate surface area is 164 Å². The Kier molecular flexibility index (Phi) is 18.8. The topological polar surface area (TPSA) is 93.1 Å². The molecule has 0 spiro atoms. The average molecular weight is 389 g/mol. The lowest BCUT2D eigenvalue weighted by Crippen LogP contribution is -2.20. The van der Waals surface area contributed by atoms with Crippen LogP contribution in [-0.4, -0.2) is 48.6 Å². The summed E-state index contributed by atoms with van der Waals surface area (Å²) < 4.78 is 10.2. The Balaban J connectivity index is 3.37. The number of aliphatic hydroxyl groups excluding tert-OH is 2. The Hall–Kier alpha value is -1.14. The molecule has 0 aromatic rings. The molecule has 0 aliphatic heterocycles. The van der Waals surface area contributed by atoms with Gasteiger partial charge in [-0.05, 0) is 19.3 Å². The normalized spacial score (nSPS) is 11.0. The zero-order valence-corrected chi connectivity index (χ0v) is 17.1. The standard InChI is InChI=1S/C21H40O6/c1-2-3-4-5-6-7-8-12-15-26-20(24)13-10-9-11-14-21(25)27-18-19(16-22)17-23/h19,22-23H,2-18H2,1H3. The number of ether oxygens (including phenoxy) is 2. The predicted octanol–water partition coefficient (Wildman–Crippen LogP) is 3.76. The van der Waals surface area contributed by atoms with Crippen LogP contribution in [0.25, 0.3) is 0 Å². The predicted molar refractivity (Wildman–Crippen MR) is 105 cm³/mol. The maximum absolute atomic E-state index is 11.6. The third-order valence-corrected chi connectivity index (χ3v) is 4.52. The summed E-state index contributed by atoms with van der Waals surface area (Å²) >= 11 is 0. The molecule has 0 unspecified atom stereocenters. The average Bonchev–Trinajstić information content (AvgIpc) is 2.67. The molecule has 0 aliphatic carbocycles. The largest absolute Gasteiger partial charge is 0.466 e. The fourth-order valence-corrected chi connectivity index (χ4v) is 2.66. The monoisotopic (exact) mass is 388 g/mol. The Bertz CT molecular complexity index is 355.